The van der Waals surface area contributed by atoms with Crippen molar-refractivity contribution in [2.45, 2.75) is 32.2 Å². The van der Waals surface area contributed by atoms with Gasteiger partial charge in [0, 0.05) is 18.0 Å². The predicted molar refractivity (Wildman–Crippen MR) is 74.3 cm³/mol. The van der Waals surface area contributed by atoms with Crippen LogP contribution in [0.15, 0.2) is 10.8 Å². The van der Waals surface area contributed by atoms with Crippen LogP contribution in [0.2, 0.25) is 0 Å². The second-order valence-corrected chi connectivity index (χ2v) is 5.05. The minimum absolute atomic E-state index is 0. The molecule has 1 saturated heterocycles. The van der Waals surface area contributed by atoms with Gasteiger partial charge in [-0.05, 0) is 43.7 Å². The van der Waals surface area contributed by atoms with E-state index in [1.54, 1.807) is 11.3 Å². The number of aryl methyl sites for hydroxylation is 1. The van der Waals surface area contributed by atoms with E-state index < -0.39 is 0 Å². The van der Waals surface area contributed by atoms with Crippen LogP contribution in [0, 0.1) is 6.92 Å². The van der Waals surface area contributed by atoms with Gasteiger partial charge in [0.25, 0.3) is 5.91 Å². The van der Waals surface area contributed by atoms with Crippen LogP contribution in [-0.4, -0.2) is 25.0 Å². The maximum Gasteiger partial charge on any atom is 0.252 e. The maximum absolute atomic E-state index is 11.8. The van der Waals surface area contributed by atoms with Crippen molar-refractivity contribution in [3.8, 4) is 0 Å². The molecule has 0 radical (unpaired) electrons. The fraction of sp³-hybridized carbons (Fsp3) is 0.583. The van der Waals surface area contributed by atoms with E-state index in [0.717, 1.165) is 30.6 Å². The number of hydrogen-bond acceptors (Lipinski definition) is 3. The van der Waals surface area contributed by atoms with E-state index in [0.29, 0.717) is 6.04 Å². The highest BCUT2D eigenvalue weighted by Gasteiger charge is 2.14. The molecule has 1 amide bonds. The van der Waals surface area contributed by atoms with Gasteiger partial charge in [0.05, 0.1) is 5.56 Å². The molecule has 0 saturated carbocycles. The average Bonchev–Trinajstić information content (AvgIpc) is 2.88. The van der Waals surface area contributed by atoms with Crippen molar-refractivity contribution in [3.05, 3.63) is 21.9 Å². The lowest BCUT2D eigenvalue weighted by Gasteiger charge is -2.10. The first-order valence-corrected chi connectivity index (χ1v) is 6.76. The molecule has 17 heavy (non-hydrogen) atoms. The quantitative estimate of drug-likeness (QED) is 0.885. The fourth-order valence-corrected chi connectivity index (χ4v) is 2.88. The highest BCUT2D eigenvalue weighted by atomic mass is 35.5. The lowest BCUT2D eigenvalue weighted by Crippen LogP contribution is -2.30. The second-order valence-electron chi connectivity index (χ2n) is 4.31. The van der Waals surface area contributed by atoms with E-state index >= 15 is 0 Å². The summed E-state index contributed by atoms with van der Waals surface area (Å²) in [5, 5.41) is 10.3. The maximum atomic E-state index is 11.8. The summed E-state index contributed by atoms with van der Waals surface area (Å²) in [6.45, 7) is 3.87. The minimum atomic E-state index is 0. The van der Waals surface area contributed by atoms with Crippen LogP contribution in [0.25, 0.3) is 0 Å². The zero-order valence-electron chi connectivity index (χ0n) is 9.99. The van der Waals surface area contributed by atoms with Crippen molar-refractivity contribution in [3.63, 3.8) is 0 Å². The molecule has 0 spiro atoms. The summed E-state index contributed by atoms with van der Waals surface area (Å²) in [7, 11) is 0. The van der Waals surface area contributed by atoms with Crippen molar-refractivity contribution < 1.29 is 4.79 Å². The lowest BCUT2D eigenvalue weighted by molar-refractivity contribution is 0.0952. The SMILES string of the molecule is Cc1cscc1C(=O)NCC[C@H]1CCCN1.Cl. The number of carbonyl (C=O) groups excluding carboxylic acids is 1. The molecule has 2 heterocycles. The van der Waals surface area contributed by atoms with E-state index in [1.165, 1.54) is 12.8 Å². The third-order valence-corrected chi connectivity index (χ3v) is 3.90. The molecule has 0 aromatic carbocycles. The summed E-state index contributed by atoms with van der Waals surface area (Å²) in [4.78, 5) is 11.8. The number of carbonyl (C=O) groups is 1. The normalized spacial score (nSPS) is 18.8. The fourth-order valence-electron chi connectivity index (χ4n) is 2.05. The zero-order chi connectivity index (χ0) is 11.4. The smallest absolute Gasteiger partial charge is 0.252 e. The number of amides is 1. The van der Waals surface area contributed by atoms with E-state index in [4.69, 9.17) is 0 Å². The van der Waals surface area contributed by atoms with Gasteiger partial charge in [-0.15, -0.1) is 12.4 Å². The van der Waals surface area contributed by atoms with Crippen LogP contribution in [-0.2, 0) is 0 Å². The molecular formula is C12H19ClN2OS. The largest absolute Gasteiger partial charge is 0.352 e. The van der Waals surface area contributed by atoms with E-state index in [-0.39, 0.29) is 18.3 Å². The summed E-state index contributed by atoms with van der Waals surface area (Å²) in [6.07, 6.45) is 3.55. The van der Waals surface area contributed by atoms with Gasteiger partial charge >= 0.3 is 0 Å². The van der Waals surface area contributed by atoms with Gasteiger partial charge in [0.2, 0.25) is 0 Å². The minimum Gasteiger partial charge on any atom is -0.352 e. The molecule has 1 atom stereocenters. The highest BCUT2D eigenvalue weighted by molar-refractivity contribution is 7.08. The molecule has 0 aliphatic carbocycles. The van der Waals surface area contributed by atoms with Crippen molar-refractivity contribution in [2.24, 2.45) is 0 Å². The summed E-state index contributed by atoms with van der Waals surface area (Å²) in [5.41, 5.74) is 1.89. The van der Waals surface area contributed by atoms with Gasteiger partial charge in [-0.3, -0.25) is 4.79 Å². The molecule has 96 valence electrons. The van der Waals surface area contributed by atoms with Gasteiger partial charge in [-0.2, -0.15) is 11.3 Å². The highest BCUT2D eigenvalue weighted by Crippen LogP contribution is 2.13. The van der Waals surface area contributed by atoms with Crippen molar-refractivity contribution >= 4 is 29.7 Å². The Morgan fingerprint density at radius 1 is 1.59 bits per heavy atom. The Kier molecular flexibility index (Phi) is 5.95. The Bertz CT molecular complexity index is 361. The van der Waals surface area contributed by atoms with Crippen molar-refractivity contribution in [2.75, 3.05) is 13.1 Å². The number of rotatable bonds is 4. The Morgan fingerprint density at radius 3 is 3.00 bits per heavy atom. The van der Waals surface area contributed by atoms with Crippen LogP contribution in [0.3, 0.4) is 0 Å². The van der Waals surface area contributed by atoms with E-state index in [9.17, 15) is 4.79 Å². The first-order chi connectivity index (χ1) is 7.77. The van der Waals surface area contributed by atoms with Gasteiger partial charge in [0.15, 0.2) is 0 Å². The van der Waals surface area contributed by atoms with Gasteiger partial charge in [-0.1, -0.05) is 0 Å². The van der Waals surface area contributed by atoms with Crippen LogP contribution in [0.4, 0.5) is 0 Å². The van der Waals surface area contributed by atoms with Crippen molar-refractivity contribution in [1.82, 2.24) is 10.6 Å². The molecule has 5 heteroatoms. The Morgan fingerprint density at radius 2 is 2.41 bits per heavy atom. The molecule has 3 nitrogen and oxygen atoms in total. The van der Waals surface area contributed by atoms with Crippen LogP contribution >= 0.6 is 23.7 Å². The first kappa shape index (κ1) is 14.5. The van der Waals surface area contributed by atoms with Crippen LogP contribution in [0.1, 0.15) is 35.2 Å². The molecule has 1 aliphatic rings. The van der Waals surface area contributed by atoms with Gasteiger partial charge in [-0.25, -0.2) is 0 Å². The third kappa shape index (κ3) is 3.98. The standard InChI is InChI=1S/C12H18N2OS.ClH/c1-9-7-16-8-11(9)12(15)14-6-4-10-3-2-5-13-10;/h7-8,10,13H,2-6H2,1H3,(H,14,15);1H/t10-;/m1./s1. The van der Waals surface area contributed by atoms with E-state index in [2.05, 4.69) is 10.6 Å². The van der Waals surface area contributed by atoms with Gasteiger partial charge in [0.1, 0.15) is 0 Å². The molecule has 1 aliphatic heterocycles. The second kappa shape index (κ2) is 6.99. The van der Waals surface area contributed by atoms with Crippen LogP contribution < -0.4 is 10.6 Å². The lowest BCUT2D eigenvalue weighted by atomic mass is 10.1. The number of nitrogens with one attached hydrogen (secondary N) is 2. The molecule has 1 fully saturated rings. The van der Waals surface area contributed by atoms with Gasteiger partial charge < -0.3 is 10.6 Å². The number of thiophene rings is 1. The summed E-state index contributed by atoms with van der Waals surface area (Å²) in [5.74, 6) is 0.0664. The third-order valence-electron chi connectivity index (χ3n) is 3.04. The summed E-state index contributed by atoms with van der Waals surface area (Å²) in [6, 6.07) is 0.601. The van der Waals surface area contributed by atoms with E-state index in [1.807, 2.05) is 17.7 Å². The number of halogens is 1. The average molecular weight is 275 g/mol. The Hall–Kier alpha value is -0.580. The summed E-state index contributed by atoms with van der Waals surface area (Å²) < 4.78 is 0. The van der Waals surface area contributed by atoms with Crippen LogP contribution in [0.5, 0.6) is 0 Å². The molecule has 0 bridgehead atoms. The molecule has 1 aromatic heterocycles. The molecular weight excluding hydrogens is 256 g/mol. The molecule has 2 N–H and O–H groups in total. The molecule has 2 rings (SSSR count). The zero-order valence-corrected chi connectivity index (χ0v) is 11.6. The monoisotopic (exact) mass is 274 g/mol. The number of hydrogen-bond donors (Lipinski definition) is 2. The predicted octanol–water partition coefficient (Wildman–Crippen LogP) is 2.35. The topological polar surface area (TPSA) is 41.1 Å². The van der Waals surface area contributed by atoms with Crippen molar-refractivity contribution in [1.29, 1.82) is 0 Å². The molecule has 0 unspecified atom stereocenters. The Balaban J connectivity index is 0.00000144. The molecule has 1 aromatic rings. The Labute approximate surface area is 112 Å². The summed E-state index contributed by atoms with van der Waals surface area (Å²) >= 11 is 1.58. The first-order valence-electron chi connectivity index (χ1n) is 5.82.